The minimum atomic E-state index is -0.538. The van der Waals surface area contributed by atoms with E-state index in [-0.39, 0.29) is 24.5 Å². The van der Waals surface area contributed by atoms with E-state index in [0.29, 0.717) is 26.1 Å². The average molecular weight is 254 g/mol. The second-order valence-electron chi connectivity index (χ2n) is 3.70. The quantitative estimate of drug-likeness (QED) is 0.541. The van der Waals surface area contributed by atoms with Crippen LogP contribution in [0.2, 0.25) is 0 Å². The summed E-state index contributed by atoms with van der Waals surface area (Å²) in [5, 5.41) is 18.0. The monoisotopic (exact) mass is 254 g/mol. The largest absolute Gasteiger partial charge is 0.507 e. The van der Waals surface area contributed by atoms with Crippen LogP contribution in [0.1, 0.15) is 23.2 Å². The fourth-order valence-corrected chi connectivity index (χ4v) is 1.32. The van der Waals surface area contributed by atoms with Crippen LogP contribution in [0.25, 0.3) is 0 Å². The molecule has 100 valence electrons. The number of aromatic hydroxyl groups is 1. The number of hydrogen-bond acceptors (Lipinski definition) is 5. The highest BCUT2D eigenvalue weighted by Crippen LogP contribution is 2.16. The molecule has 0 atom stereocenters. The molecule has 1 rings (SSSR count). The zero-order chi connectivity index (χ0) is 13.2. The molecule has 5 heteroatoms. The Kier molecular flexibility index (Phi) is 6.83. The van der Waals surface area contributed by atoms with Crippen molar-refractivity contribution in [3.05, 3.63) is 29.8 Å². The molecule has 0 saturated carbocycles. The Labute approximate surface area is 106 Å². The van der Waals surface area contributed by atoms with Crippen LogP contribution in [-0.4, -0.2) is 42.6 Å². The summed E-state index contributed by atoms with van der Waals surface area (Å²) in [6.07, 6.45) is 1.20. The molecule has 0 aliphatic rings. The molecule has 18 heavy (non-hydrogen) atoms. The minimum Gasteiger partial charge on any atom is -0.507 e. The van der Waals surface area contributed by atoms with Gasteiger partial charge in [0.15, 0.2) is 0 Å². The molecule has 0 aliphatic carbocycles. The number of phenols is 1. The first-order chi connectivity index (χ1) is 8.75. The molecule has 0 bridgehead atoms. The maximum atomic E-state index is 11.5. The summed E-state index contributed by atoms with van der Waals surface area (Å²) in [6.45, 7) is 1.34. The molecule has 0 fully saturated rings. The molecule has 0 amide bonds. The number of carbonyl (C=O) groups is 1. The van der Waals surface area contributed by atoms with E-state index < -0.39 is 5.97 Å². The van der Waals surface area contributed by atoms with Gasteiger partial charge in [0.2, 0.25) is 0 Å². The lowest BCUT2D eigenvalue weighted by molar-refractivity contribution is 0.0435. The third-order valence-corrected chi connectivity index (χ3v) is 2.24. The summed E-state index contributed by atoms with van der Waals surface area (Å²) in [4.78, 5) is 11.5. The zero-order valence-corrected chi connectivity index (χ0v) is 10.2. The van der Waals surface area contributed by atoms with E-state index in [1.807, 2.05) is 0 Å². The lowest BCUT2D eigenvalue weighted by Crippen LogP contribution is -2.09. The van der Waals surface area contributed by atoms with Crippen LogP contribution in [0.15, 0.2) is 24.3 Å². The van der Waals surface area contributed by atoms with Crippen molar-refractivity contribution in [3.8, 4) is 5.75 Å². The highest BCUT2D eigenvalue weighted by atomic mass is 16.5. The summed E-state index contributed by atoms with van der Waals surface area (Å²) in [5.74, 6) is -0.620. The van der Waals surface area contributed by atoms with Gasteiger partial charge in [-0.25, -0.2) is 4.79 Å². The van der Waals surface area contributed by atoms with Crippen molar-refractivity contribution >= 4 is 5.97 Å². The predicted molar refractivity (Wildman–Crippen MR) is 65.5 cm³/mol. The zero-order valence-electron chi connectivity index (χ0n) is 10.2. The maximum Gasteiger partial charge on any atom is 0.341 e. The summed E-state index contributed by atoms with van der Waals surface area (Å²) >= 11 is 0. The number of ether oxygens (including phenoxy) is 2. The summed E-state index contributed by atoms with van der Waals surface area (Å²) < 4.78 is 10.2. The van der Waals surface area contributed by atoms with Crippen molar-refractivity contribution in [2.24, 2.45) is 0 Å². The minimum absolute atomic E-state index is 0.0818. The Hall–Kier alpha value is -1.59. The van der Waals surface area contributed by atoms with E-state index in [1.165, 1.54) is 12.1 Å². The van der Waals surface area contributed by atoms with Crippen LogP contribution in [-0.2, 0) is 9.47 Å². The molecule has 0 heterocycles. The number of hydrogen-bond donors (Lipinski definition) is 2. The third-order valence-electron chi connectivity index (χ3n) is 2.24. The van der Waals surface area contributed by atoms with Gasteiger partial charge in [-0.15, -0.1) is 0 Å². The van der Waals surface area contributed by atoms with E-state index in [4.69, 9.17) is 14.6 Å². The van der Waals surface area contributed by atoms with Crippen LogP contribution in [0.5, 0.6) is 5.75 Å². The first-order valence-electron chi connectivity index (χ1n) is 5.89. The van der Waals surface area contributed by atoms with Gasteiger partial charge in [-0.05, 0) is 18.6 Å². The first kappa shape index (κ1) is 14.5. The number of rotatable bonds is 8. The summed E-state index contributed by atoms with van der Waals surface area (Å²) in [5.41, 5.74) is 0.165. The fourth-order valence-electron chi connectivity index (χ4n) is 1.32. The maximum absolute atomic E-state index is 11.5. The summed E-state index contributed by atoms with van der Waals surface area (Å²) in [7, 11) is 0. The van der Waals surface area contributed by atoms with Gasteiger partial charge in [-0.1, -0.05) is 12.1 Å². The van der Waals surface area contributed by atoms with Gasteiger partial charge in [0, 0.05) is 26.2 Å². The number of para-hydroxylation sites is 1. The topological polar surface area (TPSA) is 76.0 Å². The Balaban J connectivity index is 2.16. The molecular formula is C13H18O5. The Morgan fingerprint density at radius 3 is 2.56 bits per heavy atom. The van der Waals surface area contributed by atoms with Crippen molar-refractivity contribution < 1.29 is 24.5 Å². The Morgan fingerprint density at radius 2 is 1.83 bits per heavy atom. The Bertz CT molecular complexity index is 364. The van der Waals surface area contributed by atoms with E-state index in [9.17, 15) is 9.90 Å². The number of benzene rings is 1. The smallest absolute Gasteiger partial charge is 0.341 e. The first-order valence-corrected chi connectivity index (χ1v) is 5.89. The summed E-state index contributed by atoms with van der Waals surface area (Å²) in [6, 6.07) is 6.25. The predicted octanol–water partition coefficient (Wildman–Crippen LogP) is 1.34. The van der Waals surface area contributed by atoms with Crippen molar-refractivity contribution in [1.82, 2.24) is 0 Å². The van der Waals surface area contributed by atoms with Crippen LogP contribution in [0, 0.1) is 0 Å². The van der Waals surface area contributed by atoms with Crippen molar-refractivity contribution in [2.75, 3.05) is 26.4 Å². The molecule has 0 unspecified atom stereocenters. The highest BCUT2D eigenvalue weighted by Gasteiger charge is 2.10. The number of aliphatic hydroxyl groups is 1. The van der Waals surface area contributed by atoms with Crippen molar-refractivity contribution in [3.63, 3.8) is 0 Å². The third kappa shape index (κ3) is 5.16. The van der Waals surface area contributed by atoms with Crippen LogP contribution in [0.3, 0.4) is 0 Å². The number of carbonyl (C=O) groups excluding carboxylic acids is 1. The SMILES string of the molecule is O=C(OCCCOCCCO)c1ccccc1O. The second-order valence-corrected chi connectivity index (χ2v) is 3.70. The molecular weight excluding hydrogens is 236 g/mol. The molecule has 5 nitrogen and oxygen atoms in total. The molecule has 0 aromatic heterocycles. The van der Waals surface area contributed by atoms with Gasteiger partial charge in [-0.3, -0.25) is 0 Å². The van der Waals surface area contributed by atoms with Crippen LogP contribution < -0.4 is 0 Å². The van der Waals surface area contributed by atoms with Crippen molar-refractivity contribution in [2.45, 2.75) is 12.8 Å². The normalized spacial score (nSPS) is 10.3. The van der Waals surface area contributed by atoms with Crippen LogP contribution >= 0.6 is 0 Å². The molecule has 1 aromatic rings. The van der Waals surface area contributed by atoms with E-state index in [1.54, 1.807) is 12.1 Å². The van der Waals surface area contributed by atoms with Crippen molar-refractivity contribution in [1.29, 1.82) is 0 Å². The molecule has 0 radical (unpaired) electrons. The standard InChI is InChI=1S/C13H18O5/c14-7-3-8-17-9-4-10-18-13(16)11-5-1-2-6-12(11)15/h1-2,5-6,14-15H,3-4,7-10H2. The molecule has 2 N–H and O–H groups in total. The van der Waals surface area contributed by atoms with E-state index >= 15 is 0 Å². The van der Waals surface area contributed by atoms with Gasteiger partial charge < -0.3 is 19.7 Å². The molecule has 1 aromatic carbocycles. The van der Waals surface area contributed by atoms with Gasteiger partial charge in [-0.2, -0.15) is 0 Å². The number of esters is 1. The van der Waals surface area contributed by atoms with Gasteiger partial charge in [0.1, 0.15) is 11.3 Å². The number of aliphatic hydroxyl groups excluding tert-OH is 1. The lowest BCUT2D eigenvalue weighted by Gasteiger charge is -2.06. The second kappa shape index (κ2) is 8.49. The number of phenolic OH excluding ortho intramolecular Hbond substituents is 1. The fraction of sp³-hybridized carbons (Fsp3) is 0.462. The lowest BCUT2D eigenvalue weighted by atomic mass is 10.2. The highest BCUT2D eigenvalue weighted by molar-refractivity contribution is 5.92. The van der Waals surface area contributed by atoms with Gasteiger partial charge in [0.05, 0.1) is 6.61 Å². The molecule has 0 aliphatic heterocycles. The van der Waals surface area contributed by atoms with Gasteiger partial charge in [0.25, 0.3) is 0 Å². The van der Waals surface area contributed by atoms with E-state index in [0.717, 1.165) is 0 Å². The molecule has 0 saturated heterocycles. The average Bonchev–Trinajstić information content (AvgIpc) is 2.38. The Morgan fingerprint density at radius 1 is 1.11 bits per heavy atom. The van der Waals surface area contributed by atoms with Gasteiger partial charge >= 0.3 is 5.97 Å². The van der Waals surface area contributed by atoms with E-state index in [2.05, 4.69) is 0 Å². The molecule has 0 spiro atoms. The van der Waals surface area contributed by atoms with Crippen LogP contribution in [0.4, 0.5) is 0 Å².